The number of hydrogen-bond acceptors (Lipinski definition) is 3. The molecule has 1 unspecified atom stereocenters. The summed E-state index contributed by atoms with van der Waals surface area (Å²) in [5, 5.41) is 0. The zero-order chi connectivity index (χ0) is 12.4. The van der Waals surface area contributed by atoms with Gasteiger partial charge < -0.3 is 9.80 Å². The molecule has 0 aromatic rings. The molecular formula is C13H25N3O. The van der Waals surface area contributed by atoms with E-state index in [0.717, 1.165) is 13.0 Å². The molecule has 2 fully saturated rings. The highest BCUT2D eigenvalue weighted by Gasteiger charge is 2.36. The van der Waals surface area contributed by atoms with Gasteiger partial charge >= 0.3 is 0 Å². The van der Waals surface area contributed by atoms with Crippen molar-refractivity contribution in [2.24, 2.45) is 0 Å². The number of likely N-dealkylation sites (tertiary alicyclic amines) is 2. The normalized spacial score (nSPS) is 28.5. The Bertz CT molecular complexity index is 272. The molecule has 0 N–H and O–H groups in total. The Hall–Kier alpha value is -0.610. The fourth-order valence-corrected chi connectivity index (χ4v) is 3.12. The van der Waals surface area contributed by atoms with Gasteiger partial charge in [0, 0.05) is 20.1 Å². The van der Waals surface area contributed by atoms with E-state index >= 15 is 0 Å². The lowest BCUT2D eigenvalue weighted by molar-refractivity contribution is -0.134. The van der Waals surface area contributed by atoms with Crippen LogP contribution in [-0.4, -0.2) is 73.5 Å². The summed E-state index contributed by atoms with van der Waals surface area (Å²) >= 11 is 0. The zero-order valence-electron chi connectivity index (χ0n) is 11.4. The van der Waals surface area contributed by atoms with Gasteiger partial charge in [-0.15, -0.1) is 0 Å². The van der Waals surface area contributed by atoms with Gasteiger partial charge in [0.15, 0.2) is 0 Å². The largest absolute Gasteiger partial charge is 0.347 e. The highest BCUT2D eigenvalue weighted by molar-refractivity contribution is 5.81. The molecule has 4 nitrogen and oxygen atoms in total. The first-order chi connectivity index (χ1) is 8.09. The van der Waals surface area contributed by atoms with E-state index in [4.69, 9.17) is 0 Å². The van der Waals surface area contributed by atoms with Crippen LogP contribution in [0.5, 0.6) is 0 Å². The lowest BCUT2D eigenvalue weighted by Crippen LogP contribution is -2.50. The molecule has 2 aliphatic rings. The van der Waals surface area contributed by atoms with Crippen LogP contribution in [-0.2, 0) is 4.79 Å². The van der Waals surface area contributed by atoms with Gasteiger partial charge in [-0.3, -0.25) is 9.69 Å². The molecule has 1 amide bonds. The predicted octanol–water partition coefficient (Wildman–Crippen LogP) is 0.633. The molecule has 0 saturated carbocycles. The Balaban J connectivity index is 1.97. The highest BCUT2D eigenvalue weighted by atomic mass is 16.2. The molecular weight excluding hydrogens is 214 g/mol. The van der Waals surface area contributed by atoms with Crippen molar-refractivity contribution in [2.45, 2.75) is 37.8 Å². The first-order valence-electron chi connectivity index (χ1n) is 6.75. The van der Waals surface area contributed by atoms with Crippen molar-refractivity contribution in [3.05, 3.63) is 0 Å². The van der Waals surface area contributed by atoms with Crippen molar-refractivity contribution < 1.29 is 4.79 Å². The number of likely N-dealkylation sites (N-methyl/N-ethyl adjacent to an activating group) is 1. The molecule has 2 saturated heterocycles. The van der Waals surface area contributed by atoms with Crippen LogP contribution in [0.1, 0.15) is 25.7 Å². The van der Waals surface area contributed by atoms with Crippen LogP contribution in [0.4, 0.5) is 0 Å². The van der Waals surface area contributed by atoms with E-state index in [9.17, 15) is 4.79 Å². The molecule has 0 radical (unpaired) electrons. The van der Waals surface area contributed by atoms with Crippen molar-refractivity contribution in [3.63, 3.8) is 0 Å². The van der Waals surface area contributed by atoms with Crippen molar-refractivity contribution in [3.8, 4) is 0 Å². The average Bonchev–Trinajstić information content (AvgIpc) is 2.77. The van der Waals surface area contributed by atoms with Crippen LogP contribution in [0.25, 0.3) is 0 Å². The summed E-state index contributed by atoms with van der Waals surface area (Å²) in [6, 6.07) is 0.779. The summed E-state index contributed by atoms with van der Waals surface area (Å²) in [4.78, 5) is 18.7. The molecule has 0 aromatic carbocycles. The molecule has 0 aromatic heterocycles. The van der Waals surface area contributed by atoms with Gasteiger partial charge in [0.2, 0.25) is 5.91 Å². The van der Waals surface area contributed by atoms with Gasteiger partial charge in [0.25, 0.3) is 0 Å². The second-order valence-electron chi connectivity index (χ2n) is 5.66. The first-order valence-corrected chi connectivity index (χ1v) is 6.75. The summed E-state index contributed by atoms with van der Waals surface area (Å²) in [6.45, 7) is 3.45. The fourth-order valence-electron chi connectivity index (χ4n) is 3.12. The van der Waals surface area contributed by atoms with E-state index in [-0.39, 0.29) is 6.04 Å². The number of hydrogen-bond donors (Lipinski definition) is 0. The molecule has 0 bridgehead atoms. The monoisotopic (exact) mass is 239 g/mol. The molecule has 0 aliphatic carbocycles. The van der Waals surface area contributed by atoms with Gasteiger partial charge in [-0.05, 0) is 52.4 Å². The Kier molecular flexibility index (Phi) is 4.05. The fraction of sp³-hybridized carbons (Fsp3) is 0.923. The van der Waals surface area contributed by atoms with Gasteiger partial charge in [0.05, 0.1) is 6.04 Å². The van der Waals surface area contributed by atoms with E-state index in [0.29, 0.717) is 11.9 Å². The minimum absolute atomic E-state index is 0.151. The second-order valence-corrected chi connectivity index (χ2v) is 5.66. The first kappa shape index (κ1) is 12.8. The molecule has 98 valence electrons. The molecule has 2 heterocycles. The smallest absolute Gasteiger partial charge is 0.239 e. The van der Waals surface area contributed by atoms with Crippen molar-refractivity contribution in [1.82, 2.24) is 14.7 Å². The second kappa shape index (κ2) is 5.36. The standard InChI is InChI=1S/C13H25N3O/c1-14(2)13(17)12-5-4-8-16(12)11-6-9-15(3)10-7-11/h11-12H,4-10H2,1-3H3. The maximum absolute atomic E-state index is 12.1. The van der Waals surface area contributed by atoms with E-state index in [1.165, 1.54) is 32.4 Å². The third-order valence-corrected chi connectivity index (χ3v) is 4.18. The average molecular weight is 239 g/mol. The number of carbonyl (C=O) groups is 1. The third kappa shape index (κ3) is 2.80. The topological polar surface area (TPSA) is 26.8 Å². The highest BCUT2D eigenvalue weighted by Crippen LogP contribution is 2.26. The summed E-state index contributed by atoms with van der Waals surface area (Å²) in [5.74, 6) is 0.293. The number of rotatable bonds is 2. The van der Waals surface area contributed by atoms with Gasteiger partial charge in [-0.25, -0.2) is 0 Å². The number of amides is 1. The number of nitrogens with zero attached hydrogens (tertiary/aromatic N) is 3. The van der Waals surface area contributed by atoms with Crippen LogP contribution >= 0.6 is 0 Å². The molecule has 2 rings (SSSR count). The summed E-state index contributed by atoms with van der Waals surface area (Å²) in [6.07, 6.45) is 4.65. The van der Waals surface area contributed by atoms with E-state index in [1.807, 2.05) is 14.1 Å². The SMILES string of the molecule is CN1CCC(N2CCCC2C(=O)N(C)C)CC1. The quantitative estimate of drug-likeness (QED) is 0.707. The summed E-state index contributed by atoms with van der Waals surface area (Å²) in [7, 11) is 5.92. The van der Waals surface area contributed by atoms with Crippen molar-refractivity contribution >= 4 is 5.91 Å². The minimum Gasteiger partial charge on any atom is -0.347 e. The van der Waals surface area contributed by atoms with E-state index < -0.39 is 0 Å². The number of piperidine rings is 1. The lowest BCUT2D eigenvalue weighted by Gasteiger charge is -2.38. The Morgan fingerprint density at radius 1 is 1.12 bits per heavy atom. The van der Waals surface area contributed by atoms with Crippen LogP contribution in [0.2, 0.25) is 0 Å². The molecule has 4 heteroatoms. The van der Waals surface area contributed by atoms with Gasteiger partial charge in [-0.2, -0.15) is 0 Å². The summed E-state index contributed by atoms with van der Waals surface area (Å²) < 4.78 is 0. The molecule has 1 atom stereocenters. The predicted molar refractivity (Wildman–Crippen MR) is 68.9 cm³/mol. The molecule has 17 heavy (non-hydrogen) atoms. The van der Waals surface area contributed by atoms with Crippen LogP contribution in [0.15, 0.2) is 0 Å². The third-order valence-electron chi connectivity index (χ3n) is 4.18. The minimum atomic E-state index is 0.151. The Morgan fingerprint density at radius 2 is 1.76 bits per heavy atom. The maximum Gasteiger partial charge on any atom is 0.239 e. The Morgan fingerprint density at radius 3 is 2.35 bits per heavy atom. The van der Waals surface area contributed by atoms with E-state index in [2.05, 4.69) is 16.8 Å². The Labute approximate surface area is 105 Å². The maximum atomic E-state index is 12.1. The lowest BCUT2D eigenvalue weighted by atomic mass is 10.0. The molecule has 0 spiro atoms. The molecule has 2 aliphatic heterocycles. The van der Waals surface area contributed by atoms with Crippen LogP contribution < -0.4 is 0 Å². The van der Waals surface area contributed by atoms with Crippen molar-refractivity contribution in [1.29, 1.82) is 0 Å². The van der Waals surface area contributed by atoms with Crippen LogP contribution in [0.3, 0.4) is 0 Å². The van der Waals surface area contributed by atoms with Crippen molar-refractivity contribution in [2.75, 3.05) is 40.8 Å². The van der Waals surface area contributed by atoms with Gasteiger partial charge in [-0.1, -0.05) is 0 Å². The zero-order valence-corrected chi connectivity index (χ0v) is 11.4. The number of carbonyl (C=O) groups excluding carboxylic acids is 1. The summed E-state index contributed by atoms with van der Waals surface area (Å²) in [5.41, 5.74) is 0. The van der Waals surface area contributed by atoms with E-state index in [1.54, 1.807) is 4.90 Å². The van der Waals surface area contributed by atoms with Gasteiger partial charge in [0.1, 0.15) is 0 Å². The van der Waals surface area contributed by atoms with Crippen LogP contribution in [0, 0.1) is 0 Å².